The van der Waals surface area contributed by atoms with Crippen molar-refractivity contribution in [2.45, 2.75) is 354 Å². The topological polar surface area (TPSA) is 137 Å². The molecule has 0 aromatic rings. The van der Waals surface area contributed by atoms with E-state index in [1.165, 1.54) is 12.2 Å². The molecule has 0 saturated heterocycles. The molecular formula is C86H156O8. The van der Waals surface area contributed by atoms with Crippen LogP contribution in [0.2, 0.25) is 0 Å². The second-order valence-corrected chi connectivity index (χ2v) is 40.8. The molecule has 8 heteroatoms. The summed E-state index contributed by atoms with van der Waals surface area (Å²) in [5.74, 6) is 1.39. The summed E-state index contributed by atoms with van der Waals surface area (Å²) >= 11 is 0. The van der Waals surface area contributed by atoms with Gasteiger partial charge in [-0.2, -0.15) is 0 Å². The molecule has 2 atom stereocenters. The summed E-state index contributed by atoms with van der Waals surface area (Å²) in [5, 5.41) is 0. The van der Waals surface area contributed by atoms with Crippen molar-refractivity contribution < 1.29 is 38.4 Å². The fraction of sp³-hybridized carbons (Fsp3) is 0.767. The van der Waals surface area contributed by atoms with Crippen LogP contribution in [0, 0.1) is 76.8 Å². The van der Waals surface area contributed by atoms with Gasteiger partial charge in [0.1, 0.15) is 23.1 Å². The minimum atomic E-state index is -0.136. The van der Waals surface area contributed by atoms with E-state index < -0.39 is 0 Å². The Morgan fingerprint density at radius 3 is 0.713 bits per heavy atom. The molecule has 0 radical (unpaired) electrons. The average Bonchev–Trinajstić information content (AvgIpc) is 1.23. The lowest BCUT2D eigenvalue weighted by atomic mass is 9.77. The minimum Gasteiger partial charge on any atom is -0.300 e. The Morgan fingerprint density at radius 2 is 0.511 bits per heavy atom. The van der Waals surface area contributed by atoms with Gasteiger partial charge in [0, 0.05) is 37.5 Å². The van der Waals surface area contributed by atoms with Crippen molar-refractivity contribution in [3.63, 3.8) is 0 Å². The van der Waals surface area contributed by atoms with Gasteiger partial charge in [0.25, 0.3) is 0 Å². The lowest BCUT2D eigenvalue weighted by Crippen LogP contribution is -2.26. The third kappa shape index (κ3) is 85.8. The summed E-state index contributed by atoms with van der Waals surface area (Å²) in [7, 11) is 0. The van der Waals surface area contributed by atoms with E-state index in [0.29, 0.717) is 24.4 Å². The monoisotopic (exact) mass is 1320 g/mol. The molecule has 0 aliphatic rings. The zero-order valence-electron chi connectivity index (χ0n) is 69.7. The molecule has 2 unspecified atom stereocenters. The van der Waals surface area contributed by atoms with Crippen molar-refractivity contribution in [2.24, 2.45) is 76.8 Å². The van der Waals surface area contributed by atoms with E-state index in [0.717, 1.165) is 62.5 Å². The largest absolute Gasteiger partial charge is 0.300 e. The Balaban J connectivity index is -0.000000248. The fourth-order valence-electron chi connectivity index (χ4n) is 8.54. The zero-order chi connectivity index (χ0) is 76.5. The molecule has 0 spiro atoms. The fourth-order valence-corrected chi connectivity index (χ4v) is 8.54. The first-order valence-corrected chi connectivity index (χ1v) is 35.4. The molecule has 0 fully saturated rings. The van der Waals surface area contributed by atoms with Gasteiger partial charge in [-0.3, -0.25) is 38.4 Å². The van der Waals surface area contributed by atoms with Crippen molar-refractivity contribution in [1.29, 1.82) is 0 Å². The predicted molar refractivity (Wildman–Crippen MR) is 411 cm³/mol. The maximum absolute atomic E-state index is 12.2. The number of ketones is 8. The molecule has 94 heavy (non-hydrogen) atoms. The molecular weight excluding hydrogens is 1160 g/mol. The molecule has 0 saturated carbocycles. The SMILES string of the molecule is C/C(=C\C(C)(C)C)C(=O)/C(C)=C/C(C)(C)C.CC(C)(C)/C=C/C(=O)/C=C/C(C)(C)C.CC(C)(C)/C=C/C(=O)CC(=O)/C=C/C(C)(C)C.CC(C)(C)CCC(=O)CC(=O)CCC(C)(C)C.CC(C)(C)CCC(=O)CCC(C)(C)C.CC(CC(C)(C)C)C(=O)C(C)CC(C)(C)C. The number of allylic oxidation sites excluding steroid dienone is 12. The summed E-state index contributed by atoms with van der Waals surface area (Å²) in [6, 6.07) is 0. The first-order valence-electron chi connectivity index (χ1n) is 35.4. The molecule has 0 heterocycles. The van der Waals surface area contributed by atoms with Gasteiger partial charge in [-0.15, -0.1) is 0 Å². The third-order valence-electron chi connectivity index (χ3n) is 13.2. The molecule has 0 rings (SSSR count). The maximum Gasteiger partial charge on any atom is 0.183 e. The van der Waals surface area contributed by atoms with Crippen LogP contribution < -0.4 is 0 Å². The molecule has 8 nitrogen and oxygen atoms in total. The van der Waals surface area contributed by atoms with E-state index in [9.17, 15) is 38.4 Å². The van der Waals surface area contributed by atoms with E-state index in [2.05, 4.69) is 222 Å². The number of Topliss-reactive ketones (excluding diaryl/α,β-unsaturated/α-hetero) is 5. The van der Waals surface area contributed by atoms with Crippen LogP contribution in [-0.2, 0) is 38.4 Å². The highest BCUT2D eigenvalue weighted by molar-refractivity contribution is 6.08. The van der Waals surface area contributed by atoms with E-state index in [4.69, 9.17) is 0 Å². The Hall–Kier alpha value is -4.20. The number of hydrogen-bond acceptors (Lipinski definition) is 8. The summed E-state index contributed by atoms with van der Waals surface area (Å²) in [5.41, 5.74) is 3.30. The Kier molecular flexibility index (Phi) is 46.4. The van der Waals surface area contributed by atoms with Gasteiger partial charge in [-0.05, 0) is 153 Å². The van der Waals surface area contributed by atoms with Crippen LogP contribution in [0.15, 0.2) is 71.9 Å². The zero-order valence-corrected chi connectivity index (χ0v) is 69.7. The first kappa shape index (κ1) is 101. The van der Waals surface area contributed by atoms with E-state index in [1.807, 2.05) is 91.8 Å². The smallest absolute Gasteiger partial charge is 0.183 e. The number of hydrogen-bond donors (Lipinski definition) is 0. The van der Waals surface area contributed by atoms with Gasteiger partial charge in [0.05, 0.1) is 12.8 Å². The molecule has 0 amide bonds. The standard InChI is InChI=1S/C15H28O2.C15H24O2.C15H30O.C15H26O.C13H26O.C13H22O/c2*1-14(2,3)9-7-12(16)11-13(17)8-10-15(4,5)6;2*1-11(9-14(3,4)5)13(16)12(2)10-15(6,7)8;2*1-12(2,3)9-7-11(14)8-10-13(4,5)6/h7-11H2,1-6H3;7-10H,11H2,1-6H3;11-12H,9-10H2,1-8H3;9-10H,1-8H3;7-10H2,1-6H3;7-10H,1-6H3/b;9-7+,10-8+;;11-9+,12-10+;;9-7+,10-8+. The number of carbonyl (C=O) groups is 8. The Bertz CT molecular complexity index is 2290. The van der Waals surface area contributed by atoms with Gasteiger partial charge in [-0.1, -0.05) is 300 Å². The van der Waals surface area contributed by atoms with Crippen molar-refractivity contribution in [3.8, 4) is 0 Å². The number of rotatable bonds is 22. The van der Waals surface area contributed by atoms with Crippen molar-refractivity contribution in [1.82, 2.24) is 0 Å². The molecule has 548 valence electrons. The highest BCUT2D eigenvalue weighted by atomic mass is 16.2. The Labute approximate surface area is 584 Å². The maximum atomic E-state index is 12.2. The second kappa shape index (κ2) is 43.3. The van der Waals surface area contributed by atoms with E-state index in [-0.39, 0.29) is 124 Å². The molecule has 0 aliphatic heterocycles. The van der Waals surface area contributed by atoms with Gasteiger partial charge in [-0.25, -0.2) is 0 Å². The summed E-state index contributed by atoms with van der Waals surface area (Å²) in [4.78, 5) is 93.3. The van der Waals surface area contributed by atoms with E-state index >= 15 is 0 Å². The van der Waals surface area contributed by atoms with Gasteiger partial charge in [0.2, 0.25) is 0 Å². The van der Waals surface area contributed by atoms with Crippen molar-refractivity contribution >= 4 is 46.3 Å². The van der Waals surface area contributed by atoms with Crippen molar-refractivity contribution in [3.05, 3.63) is 71.9 Å². The summed E-state index contributed by atoms with van der Waals surface area (Å²) in [6.07, 6.45) is 26.3. The molecule has 0 aromatic heterocycles. The highest BCUT2D eigenvalue weighted by Gasteiger charge is 2.28. The molecule has 0 bridgehead atoms. The number of carbonyl (C=O) groups excluding carboxylic acids is 8. The van der Waals surface area contributed by atoms with Crippen LogP contribution >= 0.6 is 0 Å². The quantitative estimate of drug-likeness (QED) is 0.0772. The molecule has 0 aliphatic carbocycles. The van der Waals surface area contributed by atoms with Crippen LogP contribution in [0.1, 0.15) is 354 Å². The first-order chi connectivity index (χ1) is 41.0. The van der Waals surface area contributed by atoms with Crippen LogP contribution in [0.4, 0.5) is 0 Å². The minimum absolute atomic E-state index is 0.0278. The summed E-state index contributed by atoms with van der Waals surface area (Å²) < 4.78 is 0. The van der Waals surface area contributed by atoms with Gasteiger partial charge < -0.3 is 0 Å². The normalized spacial score (nSPS) is 14.3. The molecule has 0 N–H and O–H groups in total. The Morgan fingerprint density at radius 1 is 0.287 bits per heavy atom. The third-order valence-corrected chi connectivity index (χ3v) is 13.2. The van der Waals surface area contributed by atoms with Crippen LogP contribution in [0.25, 0.3) is 0 Å². The van der Waals surface area contributed by atoms with Crippen LogP contribution in [-0.4, -0.2) is 46.3 Å². The second-order valence-electron chi connectivity index (χ2n) is 40.8. The van der Waals surface area contributed by atoms with Crippen molar-refractivity contribution in [2.75, 3.05) is 0 Å². The average molecular weight is 1320 g/mol. The predicted octanol–water partition coefficient (Wildman–Crippen LogP) is 25.1. The van der Waals surface area contributed by atoms with Gasteiger partial charge in [0.15, 0.2) is 23.1 Å². The van der Waals surface area contributed by atoms with Crippen LogP contribution in [0.3, 0.4) is 0 Å². The van der Waals surface area contributed by atoms with Gasteiger partial charge >= 0.3 is 0 Å². The lowest BCUT2D eigenvalue weighted by Gasteiger charge is -2.27. The van der Waals surface area contributed by atoms with Crippen LogP contribution in [0.5, 0.6) is 0 Å². The lowest BCUT2D eigenvalue weighted by molar-refractivity contribution is -0.128. The van der Waals surface area contributed by atoms with E-state index in [1.54, 1.807) is 12.2 Å². The summed E-state index contributed by atoms with van der Waals surface area (Å²) in [6.45, 7) is 84.1. The highest BCUT2D eigenvalue weighted by Crippen LogP contribution is 2.32. The molecule has 0 aromatic carbocycles.